The Balaban J connectivity index is 3.41. The van der Waals surface area contributed by atoms with Gasteiger partial charge in [0.2, 0.25) is 0 Å². The molecule has 0 amide bonds. The molecule has 0 spiro atoms. The molecule has 1 aromatic heterocycles. The van der Waals surface area contributed by atoms with Crippen LogP contribution >= 0.6 is 0 Å². The number of hydrogen-bond donors (Lipinski definition) is 1. The first-order chi connectivity index (χ1) is 6.61. The molecule has 0 atom stereocenters. The first kappa shape index (κ1) is 10.5. The Morgan fingerprint density at radius 2 is 2.29 bits per heavy atom. The SMILES string of the molecule is Cc1c(CO)cnc(C#N)c1C(F)F. The Labute approximate surface area is 79.6 Å². The minimum Gasteiger partial charge on any atom is -0.392 e. The molecule has 74 valence electrons. The summed E-state index contributed by atoms with van der Waals surface area (Å²) in [6.45, 7) is 1.08. The number of hydrogen-bond acceptors (Lipinski definition) is 3. The number of aliphatic hydroxyl groups excluding tert-OH is 1. The van der Waals surface area contributed by atoms with E-state index < -0.39 is 6.43 Å². The summed E-state index contributed by atoms with van der Waals surface area (Å²) < 4.78 is 25.0. The Hall–Kier alpha value is -1.54. The lowest BCUT2D eigenvalue weighted by Crippen LogP contribution is -2.02. The fourth-order valence-corrected chi connectivity index (χ4v) is 1.17. The summed E-state index contributed by atoms with van der Waals surface area (Å²) in [7, 11) is 0. The number of pyridine rings is 1. The van der Waals surface area contributed by atoms with Crippen molar-refractivity contribution in [2.24, 2.45) is 0 Å². The molecule has 1 heterocycles. The van der Waals surface area contributed by atoms with Crippen LogP contribution in [0.5, 0.6) is 0 Å². The first-order valence-electron chi connectivity index (χ1n) is 3.89. The zero-order valence-corrected chi connectivity index (χ0v) is 7.46. The van der Waals surface area contributed by atoms with Crippen molar-refractivity contribution in [1.82, 2.24) is 4.98 Å². The second kappa shape index (κ2) is 4.11. The number of nitrogens with zero attached hydrogens (tertiary/aromatic N) is 2. The molecule has 3 nitrogen and oxygen atoms in total. The van der Waals surface area contributed by atoms with Gasteiger partial charge in [0, 0.05) is 6.20 Å². The van der Waals surface area contributed by atoms with Crippen molar-refractivity contribution in [3.05, 3.63) is 28.6 Å². The van der Waals surface area contributed by atoms with E-state index in [1.165, 1.54) is 13.1 Å². The van der Waals surface area contributed by atoms with Gasteiger partial charge in [0.25, 0.3) is 6.43 Å². The number of halogens is 2. The summed E-state index contributed by atoms with van der Waals surface area (Å²) >= 11 is 0. The Morgan fingerprint density at radius 1 is 1.64 bits per heavy atom. The van der Waals surface area contributed by atoms with Crippen LogP contribution in [-0.4, -0.2) is 10.1 Å². The quantitative estimate of drug-likeness (QED) is 0.786. The molecule has 1 rings (SSSR count). The summed E-state index contributed by atoms with van der Waals surface area (Å²) in [6.07, 6.45) is -1.51. The van der Waals surface area contributed by atoms with Crippen molar-refractivity contribution in [1.29, 1.82) is 5.26 Å². The number of alkyl halides is 2. The second-order valence-corrected chi connectivity index (χ2v) is 2.74. The highest BCUT2D eigenvalue weighted by Crippen LogP contribution is 2.26. The molecule has 0 aliphatic heterocycles. The van der Waals surface area contributed by atoms with Crippen LogP contribution in [0.2, 0.25) is 0 Å². The van der Waals surface area contributed by atoms with Crippen molar-refractivity contribution in [3.63, 3.8) is 0 Å². The molecule has 1 aromatic rings. The summed E-state index contributed by atoms with van der Waals surface area (Å²) in [4.78, 5) is 3.55. The number of nitriles is 1. The molecule has 0 bridgehead atoms. The topological polar surface area (TPSA) is 56.9 Å². The van der Waals surface area contributed by atoms with Gasteiger partial charge < -0.3 is 5.11 Å². The van der Waals surface area contributed by atoms with Gasteiger partial charge in [-0.25, -0.2) is 13.8 Å². The van der Waals surface area contributed by atoms with Crippen molar-refractivity contribution < 1.29 is 13.9 Å². The number of aliphatic hydroxyl groups is 1. The Bertz CT molecular complexity index is 385. The summed E-state index contributed by atoms with van der Waals surface area (Å²) in [5, 5.41) is 17.4. The van der Waals surface area contributed by atoms with Crippen LogP contribution in [0.25, 0.3) is 0 Å². The number of rotatable bonds is 2. The molecule has 0 unspecified atom stereocenters. The fraction of sp³-hybridized carbons (Fsp3) is 0.333. The van der Waals surface area contributed by atoms with E-state index in [0.29, 0.717) is 5.56 Å². The predicted molar refractivity (Wildman–Crippen MR) is 44.6 cm³/mol. The zero-order valence-electron chi connectivity index (χ0n) is 7.46. The molecule has 0 saturated carbocycles. The van der Waals surface area contributed by atoms with Crippen molar-refractivity contribution in [3.8, 4) is 6.07 Å². The third kappa shape index (κ3) is 1.70. The van der Waals surface area contributed by atoms with Gasteiger partial charge >= 0.3 is 0 Å². The van der Waals surface area contributed by atoms with Gasteiger partial charge in [0.15, 0.2) is 0 Å². The average Bonchev–Trinajstić information content (AvgIpc) is 2.16. The molecule has 5 heteroatoms. The highest BCUT2D eigenvalue weighted by atomic mass is 19.3. The van der Waals surface area contributed by atoms with Gasteiger partial charge in [-0.2, -0.15) is 5.26 Å². The molecule has 0 aromatic carbocycles. The summed E-state index contributed by atoms with van der Waals surface area (Å²) in [5.41, 5.74) is -0.123. The van der Waals surface area contributed by atoms with Crippen molar-refractivity contribution in [2.45, 2.75) is 20.0 Å². The predicted octanol–water partition coefficient (Wildman–Crippen LogP) is 1.69. The van der Waals surface area contributed by atoms with E-state index in [0.717, 1.165) is 0 Å². The maximum absolute atomic E-state index is 12.5. The minimum absolute atomic E-state index is 0.231. The maximum atomic E-state index is 12.5. The van der Waals surface area contributed by atoms with Crippen molar-refractivity contribution in [2.75, 3.05) is 0 Å². The summed E-state index contributed by atoms with van der Waals surface area (Å²) in [6, 6.07) is 1.60. The third-order valence-corrected chi connectivity index (χ3v) is 1.98. The van der Waals surface area contributed by atoms with Crippen molar-refractivity contribution >= 4 is 0 Å². The van der Waals surface area contributed by atoms with Gasteiger partial charge in [-0.3, -0.25) is 0 Å². The standard InChI is InChI=1S/C9H8F2N2O/c1-5-6(4-14)3-13-7(2-12)8(5)9(10)11/h3,9,14H,4H2,1H3. The van der Waals surface area contributed by atoms with Crippen LogP contribution in [0.3, 0.4) is 0 Å². The van der Waals surface area contributed by atoms with Crippen LogP contribution in [0.4, 0.5) is 8.78 Å². The largest absolute Gasteiger partial charge is 0.392 e. The maximum Gasteiger partial charge on any atom is 0.266 e. The van der Waals surface area contributed by atoms with Gasteiger partial charge in [-0.1, -0.05) is 0 Å². The van der Waals surface area contributed by atoms with Crippen LogP contribution in [0.1, 0.15) is 28.8 Å². The van der Waals surface area contributed by atoms with E-state index >= 15 is 0 Å². The summed E-state index contributed by atoms with van der Waals surface area (Å²) in [5.74, 6) is 0. The van der Waals surface area contributed by atoms with Crippen LogP contribution in [-0.2, 0) is 6.61 Å². The van der Waals surface area contributed by atoms with E-state index in [2.05, 4.69) is 4.98 Å². The van der Waals surface area contributed by atoms with Gasteiger partial charge in [0.05, 0.1) is 12.2 Å². The molecule has 0 saturated heterocycles. The molecular weight excluding hydrogens is 190 g/mol. The highest BCUT2D eigenvalue weighted by molar-refractivity contribution is 5.41. The molecule has 0 aliphatic carbocycles. The lowest BCUT2D eigenvalue weighted by atomic mass is 10.0. The smallest absolute Gasteiger partial charge is 0.266 e. The van der Waals surface area contributed by atoms with Crippen LogP contribution in [0.15, 0.2) is 6.20 Å². The molecule has 1 N–H and O–H groups in total. The Morgan fingerprint density at radius 3 is 2.71 bits per heavy atom. The third-order valence-electron chi connectivity index (χ3n) is 1.98. The van der Waals surface area contributed by atoms with E-state index in [1.54, 1.807) is 6.07 Å². The highest BCUT2D eigenvalue weighted by Gasteiger charge is 2.19. The van der Waals surface area contributed by atoms with Gasteiger partial charge in [0.1, 0.15) is 11.8 Å². The van der Waals surface area contributed by atoms with Gasteiger partial charge in [-0.05, 0) is 18.1 Å². The molecule has 0 aliphatic rings. The normalized spacial score (nSPS) is 10.3. The van der Waals surface area contributed by atoms with Crippen LogP contribution in [0, 0.1) is 18.3 Å². The van der Waals surface area contributed by atoms with Gasteiger partial charge in [-0.15, -0.1) is 0 Å². The molecule has 0 radical (unpaired) electrons. The monoisotopic (exact) mass is 198 g/mol. The van der Waals surface area contributed by atoms with E-state index in [4.69, 9.17) is 10.4 Å². The molecule has 0 fully saturated rings. The minimum atomic E-state index is -2.75. The first-order valence-corrected chi connectivity index (χ1v) is 3.89. The Kier molecular flexibility index (Phi) is 3.10. The van der Waals surface area contributed by atoms with E-state index in [-0.39, 0.29) is 23.4 Å². The second-order valence-electron chi connectivity index (χ2n) is 2.74. The van der Waals surface area contributed by atoms with E-state index in [9.17, 15) is 8.78 Å². The molecule has 14 heavy (non-hydrogen) atoms. The van der Waals surface area contributed by atoms with Crippen LogP contribution < -0.4 is 0 Å². The molecular formula is C9H8F2N2O. The van der Waals surface area contributed by atoms with E-state index in [1.807, 2.05) is 0 Å². The lowest BCUT2D eigenvalue weighted by Gasteiger charge is -2.09. The fourth-order valence-electron chi connectivity index (χ4n) is 1.17. The lowest BCUT2D eigenvalue weighted by molar-refractivity contribution is 0.149. The number of aromatic nitrogens is 1. The zero-order chi connectivity index (χ0) is 10.7. The average molecular weight is 198 g/mol.